The molecule has 0 radical (unpaired) electrons. The molecule has 0 saturated carbocycles. The number of carbonyl (C=O) groups excluding carboxylic acids is 1. The predicted molar refractivity (Wildman–Crippen MR) is 88.2 cm³/mol. The number of carbonyl (C=O) groups is 1. The summed E-state index contributed by atoms with van der Waals surface area (Å²) in [6.07, 6.45) is 5.73. The van der Waals surface area contributed by atoms with Crippen molar-refractivity contribution in [3.05, 3.63) is 23.4 Å². The van der Waals surface area contributed by atoms with Gasteiger partial charge in [0, 0.05) is 26.5 Å². The Labute approximate surface area is 137 Å². The first-order valence-corrected chi connectivity index (χ1v) is 8.20. The van der Waals surface area contributed by atoms with E-state index < -0.39 is 0 Å². The molecule has 6 heteroatoms. The number of ether oxygens (including phenoxy) is 1. The summed E-state index contributed by atoms with van der Waals surface area (Å²) < 4.78 is 5.07. The van der Waals surface area contributed by atoms with Gasteiger partial charge in [-0.2, -0.15) is 0 Å². The lowest BCUT2D eigenvalue weighted by Crippen LogP contribution is -2.41. The Morgan fingerprint density at radius 1 is 1.50 bits per heavy atom. The van der Waals surface area contributed by atoms with E-state index in [9.17, 15) is 4.79 Å². The molecule has 1 atom stereocenters. The third-order valence-corrected chi connectivity index (χ3v) is 4.15. The first-order valence-electron chi connectivity index (χ1n) is 7.83. The molecule has 1 aromatic rings. The molecule has 1 aliphatic heterocycles. The minimum Gasteiger partial charge on any atom is -0.385 e. The standard InChI is InChI=1S/C16H24ClN3O2/c1-22-10-3-2-8-20-9-4-5-13(12-20)16(21)19-15-7-6-14(17)11-18-15/h6-7,11,13H,2-5,8-10,12H2,1H3,(H,18,19,21)/t13-/m1/s1. The summed E-state index contributed by atoms with van der Waals surface area (Å²) in [6, 6.07) is 3.46. The van der Waals surface area contributed by atoms with Crippen molar-refractivity contribution in [2.75, 3.05) is 38.7 Å². The quantitative estimate of drug-likeness (QED) is 0.783. The van der Waals surface area contributed by atoms with Crippen molar-refractivity contribution >= 4 is 23.3 Å². The number of pyridine rings is 1. The molecule has 1 amide bonds. The van der Waals surface area contributed by atoms with Gasteiger partial charge in [0.05, 0.1) is 10.9 Å². The van der Waals surface area contributed by atoms with Crippen molar-refractivity contribution in [3.8, 4) is 0 Å². The largest absolute Gasteiger partial charge is 0.385 e. The molecule has 1 aliphatic rings. The zero-order chi connectivity index (χ0) is 15.8. The molecule has 1 saturated heterocycles. The summed E-state index contributed by atoms with van der Waals surface area (Å²) in [6.45, 7) is 3.74. The molecule has 0 spiro atoms. The van der Waals surface area contributed by atoms with Crippen LogP contribution in [0.15, 0.2) is 18.3 Å². The van der Waals surface area contributed by atoms with Crippen molar-refractivity contribution in [1.29, 1.82) is 0 Å². The Morgan fingerprint density at radius 3 is 3.09 bits per heavy atom. The van der Waals surface area contributed by atoms with Crippen LogP contribution in [0, 0.1) is 5.92 Å². The van der Waals surface area contributed by atoms with E-state index in [2.05, 4.69) is 15.2 Å². The Bertz CT molecular complexity index is 467. The fourth-order valence-electron chi connectivity index (χ4n) is 2.73. The number of unbranched alkanes of at least 4 members (excludes halogenated alkanes) is 1. The van der Waals surface area contributed by atoms with E-state index in [1.54, 1.807) is 25.4 Å². The number of nitrogens with one attached hydrogen (secondary N) is 1. The van der Waals surface area contributed by atoms with Crippen LogP contribution >= 0.6 is 11.6 Å². The van der Waals surface area contributed by atoms with Crippen LogP contribution in [0.5, 0.6) is 0 Å². The molecule has 0 bridgehead atoms. The lowest BCUT2D eigenvalue weighted by atomic mass is 9.97. The summed E-state index contributed by atoms with van der Waals surface area (Å²) in [5, 5.41) is 3.45. The topological polar surface area (TPSA) is 54.5 Å². The van der Waals surface area contributed by atoms with E-state index in [-0.39, 0.29) is 11.8 Å². The Hall–Kier alpha value is -1.17. The fraction of sp³-hybridized carbons (Fsp3) is 0.625. The summed E-state index contributed by atoms with van der Waals surface area (Å²) in [4.78, 5) is 18.8. The van der Waals surface area contributed by atoms with Crippen LogP contribution in [0.25, 0.3) is 0 Å². The van der Waals surface area contributed by atoms with E-state index in [0.717, 1.165) is 51.9 Å². The number of nitrogens with zero attached hydrogens (tertiary/aromatic N) is 2. The maximum atomic E-state index is 12.3. The maximum absolute atomic E-state index is 12.3. The average molecular weight is 326 g/mol. The normalized spacial score (nSPS) is 19.1. The highest BCUT2D eigenvalue weighted by atomic mass is 35.5. The molecule has 0 aliphatic carbocycles. The Morgan fingerprint density at radius 2 is 2.36 bits per heavy atom. The molecular weight excluding hydrogens is 302 g/mol. The molecule has 5 nitrogen and oxygen atoms in total. The van der Waals surface area contributed by atoms with Crippen molar-refractivity contribution in [2.24, 2.45) is 5.92 Å². The number of amides is 1. The second-order valence-electron chi connectivity index (χ2n) is 5.69. The molecule has 2 heterocycles. The van der Waals surface area contributed by atoms with Crippen LogP contribution in [0.3, 0.4) is 0 Å². The molecule has 2 rings (SSSR count). The highest BCUT2D eigenvalue weighted by molar-refractivity contribution is 6.30. The van der Waals surface area contributed by atoms with Crippen LogP contribution in [0.2, 0.25) is 5.02 Å². The van der Waals surface area contributed by atoms with E-state index in [1.165, 1.54) is 0 Å². The van der Waals surface area contributed by atoms with Gasteiger partial charge in [0.15, 0.2) is 0 Å². The lowest BCUT2D eigenvalue weighted by molar-refractivity contribution is -0.121. The van der Waals surface area contributed by atoms with E-state index in [0.29, 0.717) is 10.8 Å². The van der Waals surface area contributed by atoms with Crippen LogP contribution < -0.4 is 5.32 Å². The number of anilines is 1. The highest BCUT2D eigenvalue weighted by Gasteiger charge is 2.25. The molecule has 1 aromatic heterocycles. The second-order valence-corrected chi connectivity index (χ2v) is 6.13. The SMILES string of the molecule is COCCCCN1CCC[C@@H](C(=O)Nc2ccc(Cl)cn2)C1. The van der Waals surface area contributed by atoms with E-state index >= 15 is 0 Å². The summed E-state index contributed by atoms with van der Waals surface area (Å²) in [5.41, 5.74) is 0. The van der Waals surface area contributed by atoms with E-state index in [1.807, 2.05) is 0 Å². The summed E-state index contributed by atoms with van der Waals surface area (Å²) >= 11 is 5.80. The van der Waals surface area contributed by atoms with E-state index in [4.69, 9.17) is 16.3 Å². The second kappa shape index (κ2) is 9.08. The third-order valence-electron chi connectivity index (χ3n) is 3.93. The van der Waals surface area contributed by atoms with Gasteiger partial charge in [-0.05, 0) is 50.9 Å². The minimum absolute atomic E-state index is 0.0358. The van der Waals surface area contributed by atoms with Crippen molar-refractivity contribution in [3.63, 3.8) is 0 Å². The Balaban J connectivity index is 1.78. The number of halogens is 1. The number of hydrogen-bond acceptors (Lipinski definition) is 4. The molecule has 122 valence electrons. The van der Waals surface area contributed by atoms with Gasteiger partial charge in [-0.3, -0.25) is 4.79 Å². The van der Waals surface area contributed by atoms with Gasteiger partial charge >= 0.3 is 0 Å². The predicted octanol–water partition coefficient (Wildman–Crippen LogP) is 2.81. The van der Waals surface area contributed by atoms with Crippen LogP contribution in [-0.4, -0.2) is 49.1 Å². The number of hydrogen-bond donors (Lipinski definition) is 1. The Kier molecular flexibility index (Phi) is 7.09. The van der Waals surface area contributed by atoms with Crippen LogP contribution in [0.1, 0.15) is 25.7 Å². The number of likely N-dealkylation sites (tertiary alicyclic amines) is 1. The van der Waals surface area contributed by atoms with Gasteiger partial charge in [-0.15, -0.1) is 0 Å². The van der Waals surface area contributed by atoms with Crippen molar-refractivity contribution < 1.29 is 9.53 Å². The average Bonchev–Trinajstić information content (AvgIpc) is 2.54. The van der Waals surface area contributed by atoms with Crippen LogP contribution in [0.4, 0.5) is 5.82 Å². The van der Waals surface area contributed by atoms with Gasteiger partial charge in [0.2, 0.25) is 5.91 Å². The van der Waals surface area contributed by atoms with Crippen LogP contribution in [-0.2, 0) is 9.53 Å². The summed E-state index contributed by atoms with van der Waals surface area (Å²) in [5.74, 6) is 0.650. The first-order chi connectivity index (χ1) is 10.7. The monoisotopic (exact) mass is 325 g/mol. The number of methoxy groups -OCH3 is 1. The molecule has 1 N–H and O–H groups in total. The molecule has 1 fully saturated rings. The number of piperidine rings is 1. The molecule has 0 aromatic carbocycles. The first kappa shape index (κ1) is 17.2. The third kappa shape index (κ3) is 5.55. The lowest BCUT2D eigenvalue weighted by Gasteiger charge is -2.31. The zero-order valence-corrected chi connectivity index (χ0v) is 13.8. The maximum Gasteiger partial charge on any atom is 0.229 e. The molecule has 0 unspecified atom stereocenters. The molecular formula is C16H24ClN3O2. The van der Waals surface area contributed by atoms with Crippen molar-refractivity contribution in [2.45, 2.75) is 25.7 Å². The minimum atomic E-state index is 0.0358. The number of rotatable bonds is 7. The fourth-order valence-corrected chi connectivity index (χ4v) is 2.84. The molecule has 22 heavy (non-hydrogen) atoms. The highest BCUT2D eigenvalue weighted by Crippen LogP contribution is 2.19. The van der Waals surface area contributed by atoms with Crippen molar-refractivity contribution in [1.82, 2.24) is 9.88 Å². The van der Waals surface area contributed by atoms with Gasteiger partial charge in [0.1, 0.15) is 5.82 Å². The van der Waals surface area contributed by atoms with Gasteiger partial charge in [-0.25, -0.2) is 4.98 Å². The smallest absolute Gasteiger partial charge is 0.229 e. The zero-order valence-electron chi connectivity index (χ0n) is 13.1. The number of aromatic nitrogens is 1. The summed E-state index contributed by atoms with van der Waals surface area (Å²) in [7, 11) is 1.73. The van der Waals surface area contributed by atoms with Gasteiger partial charge < -0.3 is 15.0 Å². The van der Waals surface area contributed by atoms with Gasteiger partial charge in [-0.1, -0.05) is 11.6 Å². The van der Waals surface area contributed by atoms with Gasteiger partial charge in [0.25, 0.3) is 0 Å².